The summed E-state index contributed by atoms with van der Waals surface area (Å²) in [6, 6.07) is 56.2. The van der Waals surface area contributed by atoms with Gasteiger partial charge in [0.1, 0.15) is 0 Å². The summed E-state index contributed by atoms with van der Waals surface area (Å²) in [5.74, 6) is 1.94. The van der Waals surface area contributed by atoms with Gasteiger partial charge in [0.25, 0.3) is 0 Å². The van der Waals surface area contributed by atoms with Gasteiger partial charge in [-0.25, -0.2) is 15.0 Å². The molecule has 0 unspecified atom stereocenters. The third kappa shape index (κ3) is 5.44. The first kappa shape index (κ1) is 27.3. The van der Waals surface area contributed by atoms with Gasteiger partial charge in [0.2, 0.25) is 0 Å². The number of hydrogen-bond acceptors (Lipinski definition) is 4. The van der Waals surface area contributed by atoms with Crippen molar-refractivity contribution in [3.05, 3.63) is 170 Å². The molecule has 0 aliphatic heterocycles. The van der Waals surface area contributed by atoms with Crippen molar-refractivity contribution in [2.75, 3.05) is 0 Å². The van der Waals surface area contributed by atoms with E-state index in [1.165, 1.54) is 11.1 Å². The Morgan fingerprint density at radius 1 is 0.304 bits per heavy atom. The molecule has 46 heavy (non-hydrogen) atoms. The summed E-state index contributed by atoms with van der Waals surface area (Å²) in [4.78, 5) is 19.4. The first-order valence-electron chi connectivity index (χ1n) is 15.3. The van der Waals surface area contributed by atoms with Gasteiger partial charge in [-0.2, -0.15) is 0 Å². The molecule has 8 rings (SSSR count). The van der Waals surface area contributed by atoms with E-state index in [-0.39, 0.29) is 0 Å². The average Bonchev–Trinajstić information content (AvgIpc) is 3.15. The topological polar surface area (TPSA) is 51.6 Å². The fraction of sp³-hybridized carbons (Fsp3) is 0. The Morgan fingerprint density at radius 3 is 1.26 bits per heavy atom. The van der Waals surface area contributed by atoms with Crippen LogP contribution in [0, 0.1) is 0 Å². The summed E-state index contributed by atoms with van der Waals surface area (Å²) >= 11 is 0. The van der Waals surface area contributed by atoms with E-state index in [1.54, 1.807) is 0 Å². The van der Waals surface area contributed by atoms with E-state index < -0.39 is 0 Å². The van der Waals surface area contributed by atoms with Crippen LogP contribution in [-0.4, -0.2) is 19.9 Å². The molecule has 216 valence electrons. The van der Waals surface area contributed by atoms with Crippen LogP contribution in [0.3, 0.4) is 0 Å². The number of pyridine rings is 1. The molecule has 4 nitrogen and oxygen atoms in total. The molecular weight excluding hydrogens is 560 g/mol. The van der Waals surface area contributed by atoms with E-state index in [1.807, 2.05) is 72.9 Å². The van der Waals surface area contributed by atoms with Gasteiger partial charge in [-0.1, -0.05) is 152 Å². The molecule has 0 bridgehead atoms. The molecule has 2 aromatic heterocycles. The molecule has 4 heteroatoms. The molecule has 8 aromatic rings. The summed E-state index contributed by atoms with van der Waals surface area (Å²) in [6.45, 7) is 0. The van der Waals surface area contributed by atoms with Crippen molar-refractivity contribution in [2.45, 2.75) is 0 Å². The normalized spacial score (nSPS) is 11.0. The summed E-state index contributed by atoms with van der Waals surface area (Å²) < 4.78 is 0. The van der Waals surface area contributed by atoms with Crippen LogP contribution in [0.4, 0.5) is 0 Å². The zero-order chi connectivity index (χ0) is 30.7. The second-order valence-electron chi connectivity index (χ2n) is 11.2. The molecule has 0 amide bonds. The monoisotopic (exact) mass is 588 g/mol. The predicted molar refractivity (Wildman–Crippen MR) is 188 cm³/mol. The van der Waals surface area contributed by atoms with Gasteiger partial charge in [0, 0.05) is 33.8 Å². The highest BCUT2D eigenvalue weighted by Crippen LogP contribution is 2.33. The second-order valence-corrected chi connectivity index (χ2v) is 11.2. The average molecular weight is 589 g/mol. The Morgan fingerprint density at radius 2 is 0.717 bits per heavy atom. The molecule has 0 saturated heterocycles. The van der Waals surface area contributed by atoms with Crippen LogP contribution in [0.25, 0.3) is 78.4 Å². The van der Waals surface area contributed by atoms with Gasteiger partial charge in [0.15, 0.2) is 17.5 Å². The van der Waals surface area contributed by atoms with Crippen molar-refractivity contribution >= 4 is 10.9 Å². The minimum atomic E-state index is 0.636. The minimum absolute atomic E-state index is 0.636. The van der Waals surface area contributed by atoms with Gasteiger partial charge in [-0.15, -0.1) is 0 Å². The van der Waals surface area contributed by atoms with E-state index in [0.29, 0.717) is 17.5 Å². The third-order valence-corrected chi connectivity index (χ3v) is 8.20. The maximum absolute atomic E-state index is 4.88. The van der Waals surface area contributed by atoms with Gasteiger partial charge < -0.3 is 0 Å². The molecule has 0 N–H and O–H groups in total. The van der Waals surface area contributed by atoms with E-state index >= 15 is 0 Å². The standard InChI is InChI=1S/C42H28N4/c1-4-11-29(12-5-1)30-19-23-32(24-20-30)37-17-10-18-39-38(37)27-36(28-43-39)31-21-25-35(26-22-31)42-45-40(33-13-6-2-7-14-33)44-41(46-42)34-15-8-3-9-16-34/h1-28H. The quantitative estimate of drug-likeness (QED) is 0.194. The van der Waals surface area contributed by atoms with Crippen LogP contribution in [0.5, 0.6) is 0 Å². The van der Waals surface area contributed by atoms with E-state index in [0.717, 1.165) is 49.8 Å². The lowest BCUT2D eigenvalue weighted by Crippen LogP contribution is -2.00. The minimum Gasteiger partial charge on any atom is -0.256 e. The molecule has 2 heterocycles. The lowest BCUT2D eigenvalue weighted by Gasteiger charge is -2.11. The maximum Gasteiger partial charge on any atom is 0.164 e. The molecule has 0 atom stereocenters. The van der Waals surface area contributed by atoms with Crippen molar-refractivity contribution in [1.82, 2.24) is 19.9 Å². The smallest absolute Gasteiger partial charge is 0.164 e. The number of rotatable bonds is 6. The SMILES string of the molecule is c1ccc(-c2ccc(-c3cccc4ncc(-c5ccc(-c6nc(-c7ccccc7)nc(-c7ccccc7)n6)cc5)cc34)cc2)cc1. The largest absolute Gasteiger partial charge is 0.256 e. The number of fused-ring (bicyclic) bond motifs is 1. The molecule has 0 aliphatic rings. The second kappa shape index (κ2) is 12.0. The highest BCUT2D eigenvalue weighted by Gasteiger charge is 2.13. The van der Waals surface area contributed by atoms with Crippen molar-refractivity contribution in [3.63, 3.8) is 0 Å². The molecule has 0 fully saturated rings. The van der Waals surface area contributed by atoms with Gasteiger partial charge in [0.05, 0.1) is 5.52 Å². The fourth-order valence-electron chi connectivity index (χ4n) is 5.78. The Bertz CT molecular complexity index is 2210. The zero-order valence-corrected chi connectivity index (χ0v) is 25.0. The van der Waals surface area contributed by atoms with Crippen molar-refractivity contribution in [1.29, 1.82) is 0 Å². The molecule has 0 spiro atoms. The molecule has 6 aromatic carbocycles. The number of benzene rings is 6. The third-order valence-electron chi connectivity index (χ3n) is 8.20. The Labute approximate surface area is 267 Å². The van der Waals surface area contributed by atoms with Crippen LogP contribution >= 0.6 is 0 Å². The van der Waals surface area contributed by atoms with E-state index in [2.05, 4.69) is 97.1 Å². The van der Waals surface area contributed by atoms with Gasteiger partial charge in [-0.3, -0.25) is 4.98 Å². The summed E-state index contributed by atoms with van der Waals surface area (Å²) in [5.41, 5.74) is 10.7. The zero-order valence-electron chi connectivity index (χ0n) is 25.0. The van der Waals surface area contributed by atoms with E-state index in [9.17, 15) is 0 Å². The Balaban J connectivity index is 1.14. The van der Waals surface area contributed by atoms with Gasteiger partial charge in [-0.05, 0) is 39.9 Å². The number of hydrogen-bond donors (Lipinski definition) is 0. The maximum atomic E-state index is 4.88. The molecule has 0 radical (unpaired) electrons. The summed E-state index contributed by atoms with van der Waals surface area (Å²) in [7, 11) is 0. The summed E-state index contributed by atoms with van der Waals surface area (Å²) in [5, 5.41) is 1.12. The van der Waals surface area contributed by atoms with Crippen LogP contribution in [0.2, 0.25) is 0 Å². The Kier molecular flexibility index (Phi) is 7.14. The Hall–Kier alpha value is -6.26. The molecule has 0 aliphatic carbocycles. The lowest BCUT2D eigenvalue weighted by molar-refractivity contribution is 1.07. The van der Waals surface area contributed by atoms with Gasteiger partial charge >= 0.3 is 0 Å². The highest BCUT2D eigenvalue weighted by atomic mass is 15.0. The van der Waals surface area contributed by atoms with E-state index in [4.69, 9.17) is 19.9 Å². The molecule has 0 saturated carbocycles. The first-order chi connectivity index (χ1) is 22.8. The molecular formula is C42H28N4. The van der Waals surface area contributed by atoms with Crippen LogP contribution in [0.15, 0.2) is 170 Å². The van der Waals surface area contributed by atoms with Crippen molar-refractivity contribution in [3.8, 4) is 67.5 Å². The highest BCUT2D eigenvalue weighted by molar-refractivity contribution is 5.97. The van der Waals surface area contributed by atoms with Crippen LogP contribution in [-0.2, 0) is 0 Å². The lowest BCUT2D eigenvalue weighted by atomic mass is 9.96. The van der Waals surface area contributed by atoms with Crippen LogP contribution < -0.4 is 0 Å². The van der Waals surface area contributed by atoms with Crippen molar-refractivity contribution < 1.29 is 0 Å². The first-order valence-corrected chi connectivity index (χ1v) is 15.3. The fourth-order valence-corrected chi connectivity index (χ4v) is 5.78. The van der Waals surface area contributed by atoms with Crippen molar-refractivity contribution in [2.24, 2.45) is 0 Å². The number of aromatic nitrogens is 4. The van der Waals surface area contributed by atoms with Crippen LogP contribution in [0.1, 0.15) is 0 Å². The summed E-state index contributed by atoms with van der Waals surface area (Å²) in [6.07, 6.45) is 1.95. The predicted octanol–water partition coefficient (Wildman–Crippen LogP) is 10.4. The number of nitrogens with zero attached hydrogens (tertiary/aromatic N) is 4.